The molecule has 0 saturated heterocycles. The van der Waals surface area contributed by atoms with Gasteiger partial charge >= 0.3 is 0 Å². The van der Waals surface area contributed by atoms with Gasteiger partial charge < -0.3 is 9.84 Å². The molecule has 3 aromatic carbocycles. The molecule has 0 spiro atoms. The number of fused-ring (bicyclic) bond motifs is 3. The molecule has 4 nitrogen and oxygen atoms in total. The van der Waals surface area contributed by atoms with Crippen molar-refractivity contribution >= 4 is 5.71 Å². The molecule has 1 N–H and O–H groups in total. The van der Waals surface area contributed by atoms with E-state index in [2.05, 4.69) is 37.3 Å². The number of aryl methyl sites for hydroxylation is 1. The van der Waals surface area contributed by atoms with Gasteiger partial charge in [0.2, 0.25) is 6.23 Å². The number of ether oxygens (including phenoxy) is 1. The van der Waals surface area contributed by atoms with Gasteiger partial charge in [0.1, 0.15) is 11.5 Å². The number of hydrogen-bond donors (Lipinski definition) is 1. The van der Waals surface area contributed by atoms with Crippen molar-refractivity contribution in [2.24, 2.45) is 5.10 Å². The second-order valence-corrected chi connectivity index (χ2v) is 7.08. The Kier molecular flexibility index (Phi) is 3.64. The van der Waals surface area contributed by atoms with E-state index in [4.69, 9.17) is 9.84 Å². The number of aromatic hydroxyl groups is 1. The molecule has 2 aliphatic heterocycles. The molecule has 0 radical (unpaired) electrons. The molecule has 0 saturated carbocycles. The molecule has 27 heavy (non-hydrogen) atoms. The lowest BCUT2D eigenvalue weighted by Crippen LogP contribution is -2.33. The Balaban J connectivity index is 1.61. The fourth-order valence-corrected chi connectivity index (χ4v) is 3.87. The second kappa shape index (κ2) is 6.16. The van der Waals surface area contributed by atoms with E-state index in [1.54, 1.807) is 6.07 Å². The quantitative estimate of drug-likeness (QED) is 0.707. The summed E-state index contributed by atoms with van der Waals surface area (Å²) in [4.78, 5) is 0. The molecule has 5 rings (SSSR count). The fourth-order valence-electron chi connectivity index (χ4n) is 3.87. The monoisotopic (exact) mass is 356 g/mol. The van der Waals surface area contributed by atoms with Gasteiger partial charge in [0.15, 0.2) is 0 Å². The van der Waals surface area contributed by atoms with Gasteiger partial charge in [-0.2, -0.15) is 5.10 Å². The maximum Gasteiger partial charge on any atom is 0.213 e. The first-order chi connectivity index (χ1) is 13.2. The van der Waals surface area contributed by atoms with Crippen LogP contribution in [0.25, 0.3) is 0 Å². The van der Waals surface area contributed by atoms with Crippen molar-refractivity contribution in [2.75, 3.05) is 0 Å². The van der Waals surface area contributed by atoms with Crippen LogP contribution in [-0.2, 0) is 0 Å². The average molecular weight is 356 g/mol. The first-order valence-corrected chi connectivity index (χ1v) is 9.17. The zero-order chi connectivity index (χ0) is 18.4. The molecular weight excluding hydrogens is 336 g/mol. The van der Waals surface area contributed by atoms with Crippen molar-refractivity contribution in [1.82, 2.24) is 5.01 Å². The summed E-state index contributed by atoms with van der Waals surface area (Å²) < 4.78 is 6.34. The SMILES string of the molecule is Cc1ccc([C@H]2Oc3ccccc3[C@@H]3CC(c4ccccc4O)=NN23)cc1. The molecular formula is C23H20N2O2. The third-order valence-corrected chi connectivity index (χ3v) is 5.28. The smallest absolute Gasteiger partial charge is 0.213 e. The van der Waals surface area contributed by atoms with Gasteiger partial charge in [0.25, 0.3) is 0 Å². The largest absolute Gasteiger partial charge is 0.507 e. The van der Waals surface area contributed by atoms with Crippen molar-refractivity contribution in [1.29, 1.82) is 0 Å². The van der Waals surface area contributed by atoms with Crippen LogP contribution in [0, 0.1) is 6.92 Å². The number of phenols is 1. The summed E-state index contributed by atoms with van der Waals surface area (Å²) >= 11 is 0. The van der Waals surface area contributed by atoms with Crippen LogP contribution in [0.3, 0.4) is 0 Å². The van der Waals surface area contributed by atoms with Gasteiger partial charge in [-0.1, -0.05) is 60.2 Å². The predicted molar refractivity (Wildman–Crippen MR) is 105 cm³/mol. The molecule has 0 aromatic heterocycles. The zero-order valence-electron chi connectivity index (χ0n) is 15.0. The highest BCUT2D eigenvalue weighted by atomic mass is 16.5. The average Bonchev–Trinajstić information content (AvgIpc) is 3.14. The van der Waals surface area contributed by atoms with Crippen LogP contribution < -0.4 is 4.74 Å². The number of nitrogens with zero attached hydrogens (tertiary/aromatic N) is 2. The predicted octanol–water partition coefficient (Wildman–Crippen LogP) is 4.94. The highest BCUT2D eigenvalue weighted by Crippen LogP contribution is 2.47. The Morgan fingerprint density at radius 1 is 0.963 bits per heavy atom. The molecule has 4 heteroatoms. The van der Waals surface area contributed by atoms with E-state index in [-0.39, 0.29) is 18.0 Å². The van der Waals surface area contributed by atoms with Crippen molar-refractivity contribution in [3.8, 4) is 11.5 Å². The summed E-state index contributed by atoms with van der Waals surface area (Å²) in [6, 6.07) is 24.0. The van der Waals surface area contributed by atoms with Crippen LogP contribution in [0.4, 0.5) is 0 Å². The molecule has 0 amide bonds. The van der Waals surface area contributed by atoms with Crippen LogP contribution in [0.1, 0.15) is 40.9 Å². The lowest BCUT2D eigenvalue weighted by Gasteiger charge is -2.38. The molecule has 0 aliphatic carbocycles. The van der Waals surface area contributed by atoms with Crippen LogP contribution in [0.5, 0.6) is 11.5 Å². The Hall–Kier alpha value is -3.27. The standard InChI is InChI=1S/C23H20N2O2/c1-15-10-12-16(13-11-15)23-25-20(18-7-3-5-9-22(18)27-23)14-19(24-25)17-6-2-4-8-21(17)26/h2-13,20,23,26H,14H2,1H3/t20-,23+/m0/s1. The number of phenolic OH excluding ortho intramolecular Hbond substituents is 1. The van der Waals surface area contributed by atoms with E-state index in [9.17, 15) is 5.11 Å². The van der Waals surface area contributed by atoms with Crippen molar-refractivity contribution in [3.05, 3.63) is 95.1 Å². The summed E-state index contributed by atoms with van der Waals surface area (Å²) in [6.45, 7) is 2.08. The Labute approximate surface area is 158 Å². The van der Waals surface area contributed by atoms with Gasteiger partial charge in [0.05, 0.1) is 11.8 Å². The third-order valence-electron chi connectivity index (χ3n) is 5.28. The number of para-hydroxylation sites is 2. The third kappa shape index (κ3) is 2.65. The highest BCUT2D eigenvalue weighted by Gasteiger charge is 2.41. The number of benzene rings is 3. The van der Waals surface area contributed by atoms with Crippen LogP contribution >= 0.6 is 0 Å². The van der Waals surface area contributed by atoms with Gasteiger partial charge in [-0.3, -0.25) is 0 Å². The van der Waals surface area contributed by atoms with E-state index < -0.39 is 0 Å². The van der Waals surface area contributed by atoms with Crippen molar-refractivity contribution < 1.29 is 9.84 Å². The van der Waals surface area contributed by atoms with Crippen molar-refractivity contribution in [2.45, 2.75) is 25.6 Å². The molecule has 2 aliphatic rings. The molecule has 0 bridgehead atoms. The Bertz CT molecular complexity index is 1030. The van der Waals surface area contributed by atoms with E-state index in [0.29, 0.717) is 0 Å². The van der Waals surface area contributed by atoms with Gasteiger partial charge in [0, 0.05) is 23.1 Å². The van der Waals surface area contributed by atoms with E-state index in [1.807, 2.05) is 41.4 Å². The van der Waals surface area contributed by atoms with Gasteiger partial charge in [-0.25, -0.2) is 5.01 Å². The highest BCUT2D eigenvalue weighted by molar-refractivity contribution is 6.04. The Morgan fingerprint density at radius 2 is 1.70 bits per heavy atom. The molecule has 3 aromatic rings. The second-order valence-electron chi connectivity index (χ2n) is 7.08. The van der Waals surface area contributed by atoms with E-state index in [1.165, 1.54) is 5.56 Å². The minimum atomic E-state index is -0.283. The Morgan fingerprint density at radius 3 is 2.52 bits per heavy atom. The zero-order valence-corrected chi connectivity index (χ0v) is 15.0. The molecule has 134 valence electrons. The number of hydrazone groups is 1. The lowest BCUT2D eigenvalue weighted by molar-refractivity contribution is -0.0190. The minimum absolute atomic E-state index is 0.0934. The first kappa shape index (κ1) is 15.9. The molecule has 2 atom stereocenters. The van der Waals surface area contributed by atoms with Crippen LogP contribution in [-0.4, -0.2) is 15.8 Å². The van der Waals surface area contributed by atoms with Gasteiger partial charge in [-0.05, 0) is 25.1 Å². The summed E-state index contributed by atoms with van der Waals surface area (Å²) in [5.74, 6) is 1.16. The molecule has 2 heterocycles. The van der Waals surface area contributed by atoms with Crippen molar-refractivity contribution in [3.63, 3.8) is 0 Å². The van der Waals surface area contributed by atoms with E-state index >= 15 is 0 Å². The van der Waals surface area contributed by atoms with Crippen LogP contribution in [0.2, 0.25) is 0 Å². The van der Waals surface area contributed by atoms with Crippen LogP contribution in [0.15, 0.2) is 77.9 Å². The summed E-state index contributed by atoms with van der Waals surface area (Å²) in [7, 11) is 0. The molecule has 0 fully saturated rings. The normalized spacial score (nSPS) is 20.5. The number of rotatable bonds is 2. The maximum absolute atomic E-state index is 10.3. The lowest BCUT2D eigenvalue weighted by atomic mass is 9.95. The summed E-state index contributed by atoms with van der Waals surface area (Å²) in [5.41, 5.74) is 5.09. The van der Waals surface area contributed by atoms with E-state index in [0.717, 1.165) is 34.6 Å². The number of hydrogen-bond acceptors (Lipinski definition) is 4. The fraction of sp³-hybridized carbons (Fsp3) is 0.174. The summed E-state index contributed by atoms with van der Waals surface area (Å²) in [6.07, 6.45) is 0.453. The first-order valence-electron chi connectivity index (χ1n) is 9.17. The summed E-state index contributed by atoms with van der Waals surface area (Å²) in [5, 5.41) is 17.2. The topological polar surface area (TPSA) is 45.1 Å². The molecule has 0 unspecified atom stereocenters. The maximum atomic E-state index is 10.3. The minimum Gasteiger partial charge on any atom is -0.507 e. The van der Waals surface area contributed by atoms with Gasteiger partial charge in [-0.15, -0.1) is 0 Å².